The largest absolute Gasteiger partial charge is 0.481 e. The van der Waals surface area contributed by atoms with Crippen molar-refractivity contribution in [1.29, 1.82) is 0 Å². The summed E-state index contributed by atoms with van der Waals surface area (Å²) in [6.45, 7) is -0.619. The summed E-state index contributed by atoms with van der Waals surface area (Å²) in [5.41, 5.74) is 0.665. The van der Waals surface area contributed by atoms with Gasteiger partial charge >= 0.3 is 0 Å². The van der Waals surface area contributed by atoms with Gasteiger partial charge in [0.15, 0.2) is 29.8 Å². The number of carbonyl (C=O) groups is 2. The molecule has 0 heterocycles. The smallest absolute Gasteiger partial charge is 0.262 e. The monoisotopic (exact) mass is 338 g/mol. The van der Waals surface area contributed by atoms with Crippen LogP contribution in [0.2, 0.25) is 0 Å². The van der Waals surface area contributed by atoms with Gasteiger partial charge in [-0.15, -0.1) is 0 Å². The molecule has 2 N–H and O–H groups in total. The second-order valence-electron chi connectivity index (χ2n) is 4.69. The fourth-order valence-corrected chi connectivity index (χ4v) is 1.84. The van der Waals surface area contributed by atoms with Crippen molar-refractivity contribution in [3.63, 3.8) is 0 Å². The highest BCUT2D eigenvalue weighted by Crippen LogP contribution is 2.20. The van der Waals surface area contributed by atoms with Crippen molar-refractivity contribution in [2.45, 2.75) is 0 Å². The van der Waals surface area contributed by atoms with Crippen molar-refractivity contribution in [1.82, 2.24) is 5.32 Å². The summed E-state index contributed by atoms with van der Waals surface area (Å²) in [7, 11) is 1.47. The fraction of sp³-hybridized carbons (Fsp3) is 0.125. The Balaban J connectivity index is 1.99. The molecule has 2 rings (SSSR count). The number of anilines is 1. The predicted octanol–water partition coefficient (Wildman–Crippen LogP) is 2.48. The first-order valence-electron chi connectivity index (χ1n) is 6.80. The summed E-state index contributed by atoms with van der Waals surface area (Å²) in [6, 6.07) is 6.95. The van der Waals surface area contributed by atoms with Gasteiger partial charge in [0.25, 0.3) is 11.8 Å². The number of benzene rings is 2. The van der Waals surface area contributed by atoms with Gasteiger partial charge in [0.05, 0.1) is 0 Å². The Morgan fingerprint density at radius 2 is 1.75 bits per heavy atom. The van der Waals surface area contributed by atoms with Gasteiger partial charge in [-0.1, -0.05) is 6.07 Å². The van der Waals surface area contributed by atoms with Gasteiger partial charge in [0.2, 0.25) is 0 Å². The molecule has 0 atom stereocenters. The molecule has 0 unspecified atom stereocenters. The van der Waals surface area contributed by atoms with Gasteiger partial charge < -0.3 is 15.4 Å². The molecule has 0 aliphatic heterocycles. The first kappa shape index (κ1) is 17.3. The third-order valence-corrected chi connectivity index (χ3v) is 2.97. The molecule has 0 aliphatic rings. The van der Waals surface area contributed by atoms with Crippen LogP contribution in [0.4, 0.5) is 18.9 Å². The average Bonchev–Trinajstić information content (AvgIpc) is 2.56. The van der Waals surface area contributed by atoms with E-state index in [2.05, 4.69) is 10.6 Å². The molecule has 0 fully saturated rings. The highest BCUT2D eigenvalue weighted by molar-refractivity contribution is 5.97. The zero-order chi connectivity index (χ0) is 17.7. The van der Waals surface area contributed by atoms with E-state index in [1.807, 2.05) is 0 Å². The molecule has 24 heavy (non-hydrogen) atoms. The van der Waals surface area contributed by atoms with Crippen LogP contribution in [0.5, 0.6) is 5.75 Å². The van der Waals surface area contributed by atoms with E-state index in [0.717, 1.165) is 0 Å². The van der Waals surface area contributed by atoms with E-state index in [4.69, 9.17) is 4.74 Å². The molecule has 2 aromatic rings. The number of hydrogen-bond acceptors (Lipinski definition) is 3. The Kier molecular flexibility index (Phi) is 5.41. The summed E-state index contributed by atoms with van der Waals surface area (Å²) in [4.78, 5) is 23.3. The van der Waals surface area contributed by atoms with Crippen molar-refractivity contribution in [2.24, 2.45) is 0 Å². The molecule has 5 nitrogen and oxygen atoms in total. The van der Waals surface area contributed by atoms with E-state index in [0.29, 0.717) is 23.4 Å². The minimum atomic E-state index is -1.35. The summed E-state index contributed by atoms with van der Waals surface area (Å²) >= 11 is 0. The standard InChI is InChI=1S/C16H13F3N2O3/c1-20-16(23)9-3-2-4-10(5-9)21-15(22)8-24-14-7-12(18)11(17)6-13(14)19/h2-7H,8H2,1H3,(H,20,23)(H,21,22). The van der Waals surface area contributed by atoms with E-state index in [9.17, 15) is 22.8 Å². The molecule has 2 aromatic carbocycles. The van der Waals surface area contributed by atoms with E-state index < -0.39 is 35.7 Å². The molecule has 0 bridgehead atoms. The van der Waals surface area contributed by atoms with Gasteiger partial charge in [-0.3, -0.25) is 9.59 Å². The normalized spacial score (nSPS) is 10.2. The van der Waals surface area contributed by atoms with Gasteiger partial charge in [0, 0.05) is 30.4 Å². The Morgan fingerprint density at radius 1 is 1.04 bits per heavy atom. The number of carbonyl (C=O) groups excluding carboxylic acids is 2. The number of rotatable bonds is 5. The number of ether oxygens (including phenoxy) is 1. The van der Waals surface area contributed by atoms with Crippen LogP contribution in [0, 0.1) is 17.5 Å². The van der Waals surface area contributed by atoms with E-state index in [1.54, 1.807) is 18.2 Å². The molecular formula is C16H13F3N2O3. The van der Waals surface area contributed by atoms with E-state index >= 15 is 0 Å². The second-order valence-corrected chi connectivity index (χ2v) is 4.69. The molecule has 2 amide bonds. The maximum Gasteiger partial charge on any atom is 0.262 e. The third-order valence-electron chi connectivity index (χ3n) is 2.97. The molecule has 0 spiro atoms. The minimum absolute atomic E-state index is 0.328. The van der Waals surface area contributed by atoms with Gasteiger partial charge in [-0.05, 0) is 18.2 Å². The summed E-state index contributed by atoms with van der Waals surface area (Å²) in [6.07, 6.45) is 0. The number of nitrogens with one attached hydrogen (secondary N) is 2. The summed E-state index contributed by atoms with van der Waals surface area (Å²) < 4.78 is 44.0. The molecule has 0 saturated carbocycles. The Morgan fingerprint density at radius 3 is 2.46 bits per heavy atom. The molecule has 0 aliphatic carbocycles. The van der Waals surface area contributed by atoms with Crippen LogP contribution < -0.4 is 15.4 Å². The van der Waals surface area contributed by atoms with Crippen LogP contribution in [0.25, 0.3) is 0 Å². The van der Waals surface area contributed by atoms with Crippen LogP contribution in [-0.4, -0.2) is 25.5 Å². The zero-order valence-corrected chi connectivity index (χ0v) is 12.5. The Labute approximate surface area is 135 Å². The predicted molar refractivity (Wildman–Crippen MR) is 80.3 cm³/mol. The van der Waals surface area contributed by atoms with Gasteiger partial charge in [-0.25, -0.2) is 13.2 Å². The SMILES string of the molecule is CNC(=O)c1cccc(NC(=O)COc2cc(F)c(F)cc2F)c1. The zero-order valence-electron chi connectivity index (χ0n) is 12.5. The molecule has 126 valence electrons. The fourth-order valence-electron chi connectivity index (χ4n) is 1.84. The first-order chi connectivity index (χ1) is 11.4. The van der Waals surface area contributed by atoms with E-state index in [-0.39, 0.29) is 5.91 Å². The molecule has 8 heteroatoms. The highest BCUT2D eigenvalue weighted by atomic mass is 19.2. The Bertz CT molecular complexity index is 781. The lowest BCUT2D eigenvalue weighted by Crippen LogP contribution is -2.21. The van der Waals surface area contributed by atoms with Crippen molar-refractivity contribution in [3.8, 4) is 5.75 Å². The van der Waals surface area contributed by atoms with Crippen molar-refractivity contribution < 1.29 is 27.5 Å². The molecular weight excluding hydrogens is 325 g/mol. The van der Waals surface area contributed by atoms with Crippen LogP contribution in [0.3, 0.4) is 0 Å². The lowest BCUT2D eigenvalue weighted by molar-refractivity contribution is -0.118. The maximum absolute atomic E-state index is 13.4. The van der Waals surface area contributed by atoms with Gasteiger partial charge in [0.1, 0.15) is 0 Å². The number of amides is 2. The second kappa shape index (κ2) is 7.49. The Hall–Kier alpha value is -3.03. The quantitative estimate of drug-likeness (QED) is 0.823. The third kappa shape index (κ3) is 4.25. The summed E-state index contributed by atoms with van der Waals surface area (Å²) in [5.74, 6) is -5.33. The summed E-state index contributed by atoms with van der Waals surface area (Å²) in [5, 5.41) is 4.88. The van der Waals surface area contributed by atoms with Crippen LogP contribution in [0.1, 0.15) is 10.4 Å². The highest BCUT2D eigenvalue weighted by Gasteiger charge is 2.13. The van der Waals surface area contributed by atoms with Crippen molar-refractivity contribution in [2.75, 3.05) is 19.0 Å². The van der Waals surface area contributed by atoms with Gasteiger partial charge in [-0.2, -0.15) is 0 Å². The lowest BCUT2D eigenvalue weighted by atomic mass is 10.2. The minimum Gasteiger partial charge on any atom is -0.481 e. The number of hydrogen-bond donors (Lipinski definition) is 2. The van der Waals surface area contributed by atoms with Crippen LogP contribution in [-0.2, 0) is 4.79 Å². The number of halogens is 3. The van der Waals surface area contributed by atoms with Crippen molar-refractivity contribution in [3.05, 3.63) is 59.4 Å². The van der Waals surface area contributed by atoms with E-state index in [1.165, 1.54) is 13.1 Å². The first-order valence-corrected chi connectivity index (χ1v) is 6.80. The lowest BCUT2D eigenvalue weighted by Gasteiger charge is -2.09. The van der Waals surface area contributed by atoms with Crippen LogP contribution >= 0.6 is 0 Å². The average molecular weight is 338 g/mol. The molecule has 0 radical (unpaired) electrons. The van der Waals surface area contributed by atoms with Crippen molar-refractivity contribution >= 4 is 17.5 Å². The van der Waals surface area contributed by atoms with Crippen LogP contribution in [0.15, 0.2) is 36.4 Å². The maximum atomic E-state index is 13.4. The topological polar surface area (TPSA) is 67.4 Å². The molecule has 0 aromatic heterocycles. The molecule has 0 saturated heterocycles.